The van der Waals surface area contributed by atoms with Crippen molar-refractivity contribution in [1.82, 2.24) is 0 Å². The van der Waals surface area contributed by atoms with E-state index in [4.69, 9.17) is 23.4 Å². The maximum Gasteiger partial charge on any atom is 0.340 e. The molecule has 0 spiro atoms. The molecule has 2 rings (SSSR count). The number of nitrogens with one attached hydrogen (secondary N) is 1. The standard InChI is InChI=1S/C18H23NO8/c1-5-25-14(20)8-11-10(2)15-12(26-7-6-23-3)9-13(24-4)16(19-22)17(15)27-18(11)21/h9,19,22H,5-8H2,1-4H3. The molecule has 0 radical (unpaired) electrons. The zero-order chi connectivity index (χ0) is 20.0. The monoisotopic (exact) mass is 381 g/mol. The minimum absolute atomic E-state index is 0.0550. The van der Waals surface area contributed by atoms with Gasteiger partial charge in [0.2, 0.25) is 0 Å². The van der Waals surface area contributed by atoms with E-state index in [1.807, 2.05) is 5.48 Å². The summed E-state index contributed by atoms with van der Waals surface area (Å²) in [4.78, 5) is 24.3. The second-order valence-corrected chi connectivity index (χ2v) is 5.58. The lowest BCUT2D eigenvalue weighted by Crippen LogP contribution is -2.18. The third-order valence-corrected chi connectivity index (χ3v) is 3.98. The Morgan fingerprint density at radius 3 is 2.59 bits per heavy atom. The minimum atomic E-state index is -0.708. The molecule has 0 bridgehead atoms. The number of rotatable bonds is 9. The van der Waals surface area contributed by atoms with E-state index in [1.165, 1.54) is 7.11 Å². The highest BCUT2D eigenvalue weighted by atomic mass is 16.5. The molecule has 9 nitrogen and oxygen atoms in total. The van der Waals surface area contributed by atoms with Crippen molar-refractivity contribution in [1.29, 1.82) is 0 Å². The number of hydrogen-bond acceptors (Lipinski definition) is 9. The largest absolute Gasteiger partial charge is 0.494 e. The van der Waals surface area contributed by atoms with Crippen LogP contribution in [-0.4, -0.2) is 45.2 Å². The van der Waals surface area contributed by atoms with Crippen LogP contribution in [0.2, 0.25) is 0 Å². The van der Waals surface area contributed by atoms with E-state index in [2.05, 4.69) is 0 Å². The van der Waals surface area contributed by atoms with Crippen molar-refractivity contribution in [2.45, 2.75) is 20.3 Å². The number of carbonyl (C=O) groups is 1. The number of benzene rings is 1. The van der Waals surface area contributed by atoms with Crippen molar-refractivity contribution in [3.05, 3.63) is 27.6 Å². The molecule has 9 heteroatoms. The molecule has 0 aliphatic carbocycles. The Bertz CT molecular complexity index is 874. The Balaban J connectivity index is 2.71. The van der Waals surface area contributed by atoms with Crippen molar-refractivity contribution in [2.24, 2.45) is 0 Å². The summed E-state index contributed by atoms with van der Waals surface area (Å²) in [5, 5.41) is 9.92. The first-order valence-electron chi connectivity index (χ1n) is 8.33. The summed E-state index contributed by atoms with van der Waals surface area (Å²) in [7, 11) is 2.95. The second kappa shape index (κ2) is 9.24. The van der Waals surface area contributed by atoms with Gasteiger partial charge in [-0.2, -0.15) is 0 Å². The van der Waals surface area contributed by atoms with Crippen molar-refractivity contribution in [3.8, 4) is 11.5 Å². The number of hydrogen-bond donors (Lipinski definition) is 2. The average molecular weight is 381 g/mol. The van der Waals surface area contributed by atoms with Gasteiger partial charge in [0.1, 0.15) is 18.0 Å². The van der Waals surface area contributed by atoms with E-state index in [9.17, 15) is 14.8 Å². The minimum Gasteiger partial charge on any atom is -0.494 e. The number of ether oxygens (including phenoxy) is 4. The van der Waals surface area contributed by atoms with Gasteiger partial charge in [0.15, 0.2) is 11.3 Å². The maximum atomic E-state index is 12.4. The van der Waals surface area contributed by atoms with Gasteiger partial charge in [0, 0.05) is 13.2 Å². The predicted molar refractivity (Wildman–Crippen MR) is 96.9 cm³/mol. The molecule has 0 amide bonds. The zero-order valence-corrected chi connectivity index (χ0v) is 15.7. The lowest BCUT2D eigenvalue weighted by atomic mass is 10.0. The molecule has 0 aliphatic heterocycles. The van der Waals surface area contributed by atoms with Crippen molar-refractivity contribution < 1.29 is 33.4 Å². The molecule has 27 heavy (non-hydrogen) atoms. The number of fused-ring (bicyclic) bond motifs is 1. The van der Waals surface area contributed by atoms with Crippen LogP contribution in [-0.2, 0) is 20.7 Å². The van der Waals surface area contributed by atoms with Gasteiger partial charge in [0.05, 0.1) is 37.7 Å². The van der Waals surface area contributed by atoms with Crippen molar-refractivity contribution in [2.75, 3.05) is 39.5 Å². The van der Waals surface area contributed by atoms with E-state index in [0.29, 0.717) is 23.3 Å². The van der Waals surface area contributed by atoms with Crippen LogP contribution in [0.3, 0.4) is 0 Å². The summed E-state index contributed by atoms with van der Waals surface area (Å²) < 4.78 is 26.3. The quantitative estimate of drug-likeness (QED) is 0.291. The van der Waals surface area contributed by atoms with Crippen LogP contribution in [0.25, 0.3) is 11.0 Å². The molecule has 1 aromatic heterocycles. The Morgan fingerprint density at radius 1 is 1.26 bits per heavy atom. The SMILES string of the molecule is CCOC(=O)Cc1c(C)c2c(OCCOC)cc(OC)c(NO)c2oc1=O. The summed E-state index contributed by atoms with van der Waals surface area (Å²) >= 11 is 0. The van der Waals surface area contributed by atoms with Crippen LogP contribution in [0, 0.1) is 6.92 Å². The molecule has 1 heterocycles. The van der Waals surface area contributed by atoms with E-state index in [-0.39, 0.29) is 42.2 Å². The lowest BCUT2D eigenvalue weighted by Gasteiger charge is -2.17. The highest BCUT2D eigenvalue weighted by Crippen LogP contribution is 2.41. The average Bonchev–Trinajstić information content (AvgIpc) is 2.64. The Labute approximate surface area is 155 Å². The summed E-state index contributed by atoms with van der Waals surface area (Å²) in [6.07, 6.45) is -0.233. The fraction of sp³-hybridized carbons (Fsp3) is 0.444. The third-order valence-electron chi connectivity index (χ3n) is 3.98. The van der Waals surface area contributed by atoms with E-state index in [1.54, 1.807) is 27.0 Å². The van der Waals surface area contributed by atoms with Gasteiger partial charge in [-0.1, -0.05) is 0 Å². The van der Waals surface area contributed by atoms with Gasteiger partial charge in [-0.05, 0) is 19.4 Å². The number of methoxy groups -OCH3 is 2. The fourth-order valence-corrected chi connectivity index (χ4v) is 2.70. The number of aryl methyl sites for hydroxylation is 1. The van der Waals surface area contributed by atoms with Gasteiger partial charge in [0.25, 0.3) is 0 Å². The first kappa shape index (κ1) is 20.5. The van der Waals surface area contributed by atoms with Gasteiger partial charge >= 0.3 is 11.6 Å². The number of anilines is 1. The molecule has 2 aromatic rings. The molecule has 0 unspecified atom stereocenters. The molecule has 0 saturated heterocycles. The molecule has 0 fully saturated rings. The zero-order valence-electron chi connectivity index (χ0n) is 15.7. The van der Waals surface area contributed by atoms with Crippen LogP contribution >= 0.6 is 0 Å². The van der Waals surface area contributed by atoms with Crippen LogP contribution in [0.15, 0.2) is 15.3 Å². The lowest BCUT2D eigenvalue weighted by molar-refractivity contribution is -0.142. The molecule has 1 aromatic carbocycles. The maximum absolute atomic E-state index is 12.4. The normalized spacial score (nSPS) is 10.7. The van der Waals surface area contributed by atoms with E-state index >= 15 is 0 Å². The number of esters is 1. The third kappa shape index (κ3) is 4.32. The highest BCUT2D eigenvalue weighted by Gasteiger charge is 2.23. The molecule has 2 N–H and O–H groups in total. The molecule has 148 valence electrons. The summed E-state index contributed by atoms with van der Waals surface area (Å²) in [5.74, 6) is 0.0467. The Morgan fingerprint density at radius 2 is 2.00 bits per heavy atom. The van der Waals surface area contributed by atoms with Gasteiger partial charge in [-0.15, -0.1) is 0 Å². The fourth-order valence-electron chi connectivity index (χ4n) is 2.70. The van der Waals surface area contributed by atoms with Crippen molar-refractivity contribution >= 4 is 22.6 Å². The molecular formula is C18H23NO8. The van der Waals surface area contributed by atoms with Gasteiger partial charge in [-0.25, -0.2) is 4.79 Å². The Hall–Kier alpha value is -2.78. The van der Waals surface area contributed by atoms with Crippen LogP contribution in [0.1, 0.15) is 18.1 Å². The molecule has 0 saturated carbocycles. The van der Waals surface area contributed by atoms with Crippen LogP contribution in [0.5, 0.6) is 11.5 Å². The Kier molecular flexibility index (Phi) is 7.03. The van der Waals surface area contributed by atoms with Crippen molar-refractivity contribution in [3.63, 3.8) is 0 Å². The summed E-state index contributed by atoms with van der Waals surface area (Å²) in [6.45, 7) is 4.14. The van der Waals surface area contributed by atoms with Gasteiger partial charge in [-0.3, -0.25) is 15.5 Å². The topological polar surface area (TPSA) is 116 Å². The van der Waals surface area contributed by atoms with Crippen LogP contribution in [0.4, 0.5) is 5.69 Å². The van der Waals surface area contributed by atoms with E-state index in [0.717, 1.165) is 0 Å². The smallest absolute Gasteiger partial charge is 0.340 e. The first-order valence-corrected chi connectivity index (χ1v) is 8.33. The molecule has 0 atom stereocenters. The summed E-state index contributed by atoms with van der Waals surface area (Å²) in [6, 6.07) is 1.55. The summed E-state index contributed by atoms with van der Waals surface area (Å²) in [5.41, 5.74) is 2.06. The molecule has 0 aliphatic rings. The highest BCUT2D eigenvalue weighted by molar-refractivity contribution is 5.99. The second-order valence-electron chi connectivity index (χ2n) is 5.58. The first-order chi connectivity index (χ1) is 13.0. The van der Waals surface area contributed by atoms with Crippen LogP contribution < -0.4 is 20.6 Å². The van der Waals surface area contributed by atoms with E-state index < -0.39 is 11.6 Å². The molecular weight excluding hydrogens is 358 g/mol. The predicted octanol–water partition coefficient (Wildman–Crippen LogP) is 2.04. The van der Waals surface area contributed by atoms with Gasteiger partial charge < -0.3 is 23.4 Å². The number of carbonyl (C=O) groups excluding carboxylic acids is 1.